The number of hydrogen-bond donors (Lipinski definition) is 1. The van der Waals surface area contributed by atoms with E-state index in [2.05, 4.69) is 11.3 Å². The van der Waals surface area contributed by atoms with Crippen molar-refractivity contribution in [1.82, 2.24) is 0 Å². The van der Waals surface area contributed by atoms with Gasteiger partial charge in [-0.1, -0.05) is 6.08 Å². The van der Waals surface area contributed by atoms with Crippen molar-refractivity contribution in [2.24, 2.45) is 0 Å². The normalized spacial score (nSPS) is 10.1. The van der Waals surface area contributed by atoms with E-state index in [9.17, 15) is 18.0 Å². The smallest absolute Gasteiger partial charge is 0.339 e. The minimum Gasteiger partial charge on any atom is -0.491 e. The Morgan fingerprint density at radius 3 is 2.35 bits per heavy atom. The van der Waals surface area contributed by atoms with E-state index in [0.717, 1.165) is 13.2 Å². The molecule has 1 aromatic carbocycles. The van der Waals surface area contributed by atoms with Crippen LogP contribution in [0, 0.1) is 17.5 Å². The van der Waals surface area contributed by atoms with E-state index in [1.54, 1.807) is 0 Å². The van der Waals surface area contributed by atoms with Crippen LogP contribution >= 0.6 is 0 Å². The van der Waals surface area contributed by atoms with Crippen LogP contribution in [-0.4, -0.2) is 18.2 Å². The summed E-state index contributed by atoms with van der Waals surface area (Å²) in [6.07, 6.45) is 0.849. The Hall–Kier alpha value is -1.98. The third kappa shape index (κ3) is 2.11. The molecule has 0 fully saturated rings. The molecule has 3 nitrogen and oxygen atoms in total. The molecule has 1 aromatic rings. The first kappa shape index (κ1) is 13.1. The van der Waals surface area contributed by atoms with Crippen LogP contribution in [0.25, 0.3) is 0 Å². The Balaban J connectivity index is 3.70. The zero-order valence-electron chi connectivity index (χ0n) is 8.89. The van der Waals surface area contributed by atoms with Gasteiger partial charge in [0.25, 0.3) is 0 Å². The molecule has 0 unspecified atom stereocenters. The fourth-order valence-corrected chi connectivity index (χ4v) is 1.42. The molecule has 0 saturated heterocycles. The second kappa shape index (κ2) is 4.90. The molecule has 0 aromatic heterocycles. The van der Waals surface area contributed by atoms with Crippen LogP contribution < -0.4 is 4.74 Å². The molecule has 0 heterocycles. The van der Waals surface area contributed by atoms with E-state index in [1.165, 1.54) is 0 Å². The number of rotatable bonds is 4. The number of aromatic carboxylic acids is 1. The lowest BCUT2D eigenvalue weighted by Crippen LogP contribution is -2.12. The molecule has 0 aliphatic carbocycles. The summed E-state index contributed by atoms with van der Waals surface area (Å²) < 4.78 is 44.7. The quantitative estimate of drug-likeness (QED) is 0.656. The van der Waals surface area contributed by atoms with Crippen LogP contribution in [0.2, 0.25) is 0 Å². The number of carbonyl (C=O) groups is 1. The van der Waals surface area contributed by atoms with Gasteiger partial charge in [-0.25, -0.2) is 13.6 Å². The number of methoxy groups -OCH3 is 1. The van der Waals surface area contributed by atoms with Crippen molar-refractivity contribution in [3.05, 3.63) is 41.2 Å². The van der Waals surface area contributed by atoms with Crippen LogP contribution in [0.4, 0.5) is 13.2 Å². The third-order valence-electron chi connectivity index (χ3n) is 2.14. The number of carboxylic acids is 1. The number of benzene rings is 1. The van der Waals surface area contributed by atoms with Gasteiger partial charge >= 0.3 is 5.97 Å². The SMILES string of the molecule is C=CCc1c(F)c(F)c(OC)c(F)c1C(=O)O. The van der Waals surface area contributed by atoms with Gasteiger partial charge < -0.3 is 9.84 Å². The molecule has 0 aliphatic rings. The topological polar surface area (TPSA) is 46.5 Å². The Labute approximate surface area is 95.1 Å². The largest absolute Gasteiger partial charge is 0.491 e. The first-order chi connectivity index (χ1) is 7.95. The fraction of sp³-hybridized carbons (Fsp3) is 0.182. The molecule has 0 saturated carbocycles. The average Bonchev–Trinajstić information content (AvgIpc) is 2.26. The number of ether oxygens (including phenoxy) is 1. The Morgan fingerprint density at radius 2 is 1.94 bits per heavy atom. The molecular weight excluding hydrogens is 237 g/mol. The van der Waals surface area contributed by atoms with Crippen molar-refractivity contribution < 1.29 is 27.8 Å². The molecule has 1 N–H and O–H groups in total. The van der Waals surface area contributed by atoms with Gasteiger partial charge in [0.1, 0.15) is 5.56 Å². The van der Waals surface area contributed by atoms with Gasteiger partial charge in [-0.2, -0.15) is 4.39 Å². The molecule has 17 heavy (non-hydrogen) atoms. The van der Waals surface area contributed by atoms with E-state index in [1.807, 2.05) is 0 Å². The zero-order valence-corrected chi connectivity index (χ0v) is 8.89. The van der Waals surface area contributed by atoms with Gasteiger partial charge in [0, 0.05) is 5.56 Å². The van der Waals surface area contributed by atoms with Gasteiger partial charge in [-0.3, -0.25) is 0 Å². The number of hydrogen-bond acceptors (Lipinski definition) is 2. The first-order valence-corrected chi connectivity index (χ1v) is 4.53. The second-order valence-electron chi connectivity index (χ2n) is 3.13. The van der Waals surface area contributed by atoms with Crippen LogP contribution in [-0.2, 0) is 6.42 Å². The summed E-state index contributed by atoms with van der Waals surface area (Å²) in [5, 5.41) is 8.79. The van der Waals surface area contributed by atoms with Crippen molar-refractivity contribution >= 4 is 5.97 Å². The lowest BCUT2D eigenvalue weighted by atomic mass is 10.0. The fourth-order valence-electron chi connectivity index (χ4n) is 1.42. The van der Waals surface area contributed by atoms with E-state index in [-0.39, 0.29) is 6.42 Å². The summed E-state index contributed by atoms with van der Waals surface area (Å²) in [6.45, 7) is 3.26. The summed E-state index contributed by atoms with van der Waals surface area (Å²) in [6, 6.07) is 0. The Bertz CT molecular complexity index is 484. The molecular formula is C11H9F3O3. The Kier molecular flexibility index (Phi) is 3.77. The molecule has 0 radical (unpaired) electrons. The lowest BCUT2D eigenvalue weighted by molar-refractivity contribution is 0.0688. The first-order valence-electron chi connectivity index (χ1n) is 4.53. The molecule has 0 spiro atoms. The maximum atomic E-state index is 13.6. The van der Waals surface area contributed by atoms with Gasteiger partial charge in [0.05, 0.1) is 7.11 Å². The summed E-state index contributed by atoms with van der Waals surface area (Å²) in [5.41, 5.74) is -1.54. The number of carboxylic acid groups (broad SMARTS) is 1. The lowest BCUT2D eigenvalue weighted by Gasteiger charge is -2.11. The number of allylic oxidation sites excluding steroid dienone is 1. The predicted molar refractivity (Wildman–Crippen MR) is 53.7 cm³/mol. The maximum absolute atomic E-state index is 13.6. The van der Waals surface area contributed by atoms with Gasteiger partial charge in [0.15, 0.2) is 17.4 Å². The molecule has 92 valence electrons. The summed E-state index contributed by atoms with van der Waals surface area (Å²) >= 11 is 0. The van der Waals surface area contributed by atoms with Crippen LogP contribution in [0.5, 0.6) is 5.75 Å². The van der Waals surface area contributed by atoms with Crippen LogP contribution in [0.1, 0.15) is 15.9 Å². The van der Waals surface area contributed by atoms with Crippen LogP contribution in [0.3, 0.4) is 0 Å². The standard InChI is InChI=1S/C11H9F3O3/c1-3-4-5-6(11(15)16)8(13)10(17-2)9(14)7(5)12/h3H,1,4H2,2H3,(H,15,16). The predicted octanol–water partition coefficient (Wildman–Crippen LogP) is 2.54. The molecule has 0 atom stereocenters. The average molecular weight is 246 g/mol. The molecule has 0 amide bonds. The van der Waals surface area contributed by atoms with E-state index < -0.39 is 40.3 Å². The summed E-state index contributed by atoms with van der Waals surface area (Å²) in [5.74, 6) is -7.17. The highest BCUT2D eigenvalue weighted by Crippen LogP contribution is 2.31. The van der Waals surface area contributed by atoms with E-state index in [0.29, 0.717) is 0 Å². The van der Waals surface area contributed by atoms with Gasteiger partial charge in [-0.05, 0) is 6.42 Å². The van der Waals surface area contributed by atoms with E-state index in [4.69, 9.17) is 5.11 Å². The van der Waals surface area contributed by atoms with Gasteiger partial charge in [-0.15, -0.1) is 6.58 Å². The summed E-state index contributed by atoms with van der Waals surface area (Å²) in [7, 11) is 0.916. The minimum atomic E-state index is -1.70. The maximum Gasteiger partial charge on any atom is 0.339 e. The molecule has 0 aliphatic heterocycles. The molecule has 6 heteroatoms. The van der Waals surface area contributed by atoms with Crippen molar-refractivity contribution in [3.8, 4) is 5.75 Å². The highest BCUT2D eigenvalue weighted by Gasteiger charge is 2.28. The van der Waals surface area contributed by atoms with Crippen molar-refractivity contribution in [3.63, 3.8) is 0 Å². The van der Waals surface area contributed by atoms with Crippen LogP contribution in [0.15, 0.2) is 12.7 Å². The third-order valence-corrected chi connectivity index (χ3v) is 2.14. The van der Waals surface area contributed by atoms with Crippen molar-refractivity contribution in [1.29, 1.82) is 0 Å². The number of halogens is 3. The monoisotopic (exact) mass is 246 g/mol. The second-order valence-corrected chi connectivity index (χ2v) is 3.13. The minimum absolute atomic E-state index is 0.300. The van der Waals surface area contributed by atoms with Gasteiger partial charge in [0.2, 0.25) is 5.82 Å². The van der Waals surface area contributed by atoms with Crippen molar-refractivity contribution in [2.45, 2.75) is 6.42 Å². The van der Waals surface area contributed by atoms with E-state index >= 15 is 0 Å². The zero-order chi connectivity index (χ0) is 13.2. The Morgan fingerprint density at radius 1 is 1.35 bits per heavy atom. The molecule has 1 rings (SSSR count). The summed E-state index contributed by atoms with van der Waals surface area (Å²) in [4.78, 5) is 10.8. The van der Waals surface area contributed by atoms with Crippen molar-refractivity contribution in [2.75, 3.05) is 7.11 Å². The highest BCUT2D eigenvalue weighted by molar-refractivity contribution is 5.90. The molecule has 0 bridgehead atoms. The highest BCUT2D eigenvalue weighted by atomic mass is 19.2.